The Labute approximate surface area is 156 Å². The van der Waals surface area contributed by atoms with Gasteiger partial charge in [0.25, 0.3) is 0 Å². The summed E-state index contributed by atoms with van der Waals surface area (Å²) in [5.74, 6) is -0.135. The Kier molecular flexibility index (Phi) is 4.63. The summed E-state index contributed by atoms with van der Waals surface area (Å²) >= 11 is 1.69. The molecule has 2 N–H and O–H groups in total. The Balaban J connectivity index is 1.49. The third-order valence-electron chi connectivity index (χ3n) is 4.92. The van der Waals surface area contributed by atoms with Gasteiger partial charge in [0, 0.05) is 17.0 Å². The van der Waals surface area contributed by atoms with Gasteiger partial charge >= 0.3 is 0 Å². The topological polar surface area (TPSA) is 80.3 Å². The molecule has 0 fully saturated rings. The van der Waals surface area contributed by atoms with Gasteiger partial charge < -0.3 is 15.4 Å². The average Bonchev–Trinajstić information content (AvgIpc) is 3.08. The number of fused-ring (bicyclic) bond motifs is 2. The number of anilines is 1. The standard InChI is InChI=1S/C19H21N3O3S/c1-25-11-6-7-14-12(8-11)13(9-17(23)21-14)19(24)20-10-18-22-15-4-2-3-5-16(15)26-18/h6-8,13H,2-5,9-10H2,1H3,(H,20,24)(H,21,23)/t13-/m0/s1. The van der Waals surface area contributed by atoms with Crippen molar-refractivity contribution >= 4 is 28.8 Å². The summed E-state index contributed by atoms with van der Waals surface area (Å²) in [5, 5.41) is 6.72. The first-order valence-corrected chi connectivity index (χ1v) is 9.68. The quantitative estimate of drug-likeness (QED) is 0.866. The van der Waals surface area contributed by atoms with Crippen LogP contribution < -0.4 is 15.4 Å². The smallest absolute Gasteiger partial charge is 0.228 e. The van der Waals surface area contributed by atoms with Crippen molar-refractivity contribution in [3.8, 4) is 5.75 Å². The minimum Gasteiger partial charge on any atom is -0.497 e. The van der Waals surface area contributed by atoms with E-state index in [-0.39, 0.29) is 18.2 Å². The number of nitrogens with one attached hydrogen (secondary N) is 2. The van der Waals surface area contributed by atoms with Crippen LogP contribution in [0.15, 0.2) is 18.2 Å². The number of ether oxygens (including phenoxy) is 1. The molecule has 7 heteroatoms. The zero-order chi connectivity index (χ0) is 18.1. The third-order valence-corrected chi connectivity index (χ3v) is 6.08. The molecule has 0 spiro atoms. The maximum Gasteiger partial charge on any atom is 0.228 e. The van der Waals surface area contributed by atoms with E-state index in [0.717, 1.165) is 23.4 Å². The van der Waals surface area contributed by atoms with Gasteiger partial charge in [0.15, 0.2) is 0 Å². The van der Waals surface area contributed by atoms with Crippen LogP contribution in [0.1, 0.15) is 46.3 Å². The molecule has 6 nitrogen and oxygen atoms in total. The Morgan fingerprint density at radius 3 is 3.04 bits per heavy atom. The zero-order valence-corrected chi connectivity index (χ0v) is 15.4. The fraction of sp³-hybridized carbons (Fsp3) is 0.421. The number of thiazole rings is 1. The van der Waals surface area contributed by atoms with Crippen LogP contribution in [0.4, 0.5) is 5.69 Å². The molecule has 1 atom stereocenters. The molecule has 1 aromatic heterocycles. The van der Waals surface area contributed by atoms with Gasteiger partial charge in [0.1, 0.15) is 10.8 Å². The van der Waals surface area contributed by atoms with Crippen molar-refractivity contribution in [2.45, 2.75) is 44.6 Å². The van der Waals surface area contributed by atoms with E-state index in [2.05, 4.69) is 15.6 Å². The lowest BCUT2D eigenvalue weighted by Crippen LogP contribution is -2.34. The van der Waals surface area contributed by atoms with Crippen LogP contribution in [0.2, 0.25) is 0 Å². The number of methoxy groups -OCH3 is 1. The molecule has 1 aliphatic heterocycles. The predicted octanol–water partition coefficient (Wildman–Crippen LogP) is 2.77. The number of hydrogen-bond donors (Lipinski definition) is 2. The molecule has 2 aromatic rings. The van der Waals surface area contributed by atoms with E-state index in [9.17, 15) is 9.59 Å². The Hall–Kier alpha value is -2.41. The largest absolute Gasteiger partial charge is 0.497 e. The molecule has 0 saturated heterocycles. The number of aryl methyl sites for hydroxylation is 2. The third kappa shape index (κ3) is 3.31. The van der Waals surface area contributed by atoms with Gasteiger partial charge in [-0.25, -0.2) is 4.98 Å². The van der Waals surface area contributed by atoms with Gasteiger partial charge in [-0.05, 0) is 49.4 Å². The molecule has 136 valence electrons. The molecule has 4 rings (SSSR count). The SMILES string of the molecule is COc1ccc2c(c1)[C@@H](C(=O)NCc1nc3c(s1)CCCC3)CC(=O)N2. The Bertz CT molecular complexity index is 838. The first-order valence-electron chi connectivity index (χ1n) is 8.87. The zero-order valence-electron chi connectivity index (χ0n) is 14.6. The van der Waals surface area contributed by atoms with Gasteiger partial charge in [-0.3, -0.25) is 9.59 Å². The molecule has 0 saturated carbocycles. The fourth-order valence-corrected chi connectivity index (χ4v) is 4.66. The van der Waals surface area contributed by atoms with Crippen LogP contribution >= 0.6 is 11.3 Å². The summed E-state index contributed by atoms with van der Waals surface area (Å²) in [7, 11) is 1.59. The van der Waals surface area contributed by atoms with Crippen LogP contribution in [0.3, 0.4) is 0 Å². The number of carbonyl (C=O) groups excluding carboxylic acids is 2. The monoisotopic (exact) mass is 371 g/mol. The summed E-state index contributed by atoms with van der Waals surface area (Å²) in [6, 6.07) is 5.38. The molecular formula is C19H21N3O3S. The van der Waals surface area contributed by atoms with E-state index >= 15 is 0 Å². The molecule has 2 amide bonds. The van der Waals surface area contributed by atoms with Crippen LogP contribution in [0.25, 0.3) is 0 Å². The number of rotatable bonds is 4. The average molecular weight is 371 g/mol. The number of amides is 2. The lowest BCUT2D eigenvalue weighted by atomic mass is 9.89. The summed E-state index contributed by atoms with van der Waals surface area (Å²) in [5.41, 5.74) is 2.66. The maximum atomic E-state index is 12.8. The van der Waals surface area contributed by atoms with E-state index in [1.54, 1.807) is 30.6 Å². The van der Waals surface area contributed by atoms with E-state index in [1.165, 1.54) is 23.4 Å². The minimum absolute atomic E-state index is 0.139. The van der Waals surface area contributed by atoms with Crippen molar-refractivity contribution in [3.05, 3.63) is 39.3 Å². The predicted molar refractivity (Wildman–Crippen MR) is 99.6 cm³/mol. The molecule has 2 heterocycles. The Morgan fingerprint density at radius 1 is 1.38 bits per heavy atom. The summed E-state index contributed by atoms with van der Waals surface area (Å²) in [6.07, 6.45) is 4.68. The number of benzene rings is 1. The van der Waals surface area contributed by atoms with Crippen LogP contribution in [0.5, 0.6) is 5.75 Å². The highest BCUT2D eigenvalue weighted by Gasteiger charge is 2.31. The van der Waals surface area contributed by atoms with Crippen molar-refractivity contribution in [3.63, 3.8) is 0 Å². The van der Waals surface area contributed by atoms with Crippen LogP contribution in [0, 0.1) is 0 Å². The molecule has 1 aromatic carbocycles. The fourth-order valence-electron chi connectivity index (χ4n) is 3.57. The molecule has 26 heavy (non-hydrogen) atoms. The molecule has 0 unspecified atom stereocenters. The first kappa shape index (κ1) is 17.0. The van der Waals surface area contributed by atoms with Crippen LogP contribution in [-0.2, 0) is 29.0 Å². The van der Waals surface area contributed by atoms with Gasteiger partial charge in [-0.15, -0.1) is 11.3 Å². The minimum atomic E-state index is -0.511. The van der Waals surface area contributed by atoms with Crippen molar-refractivity contribution in [2.75, 3.05) is 12.4 Å². The number of aromatic nitrogens is 1. The number of hydrogen-bond acceptors (Lipinski definition) is 5. The summed E-state index contributed by atoms with van der Waals surface area (Å²) in [6.45, 7) is 0.411. The van der Waals surface area contributed by atoms with Gasteiger partial charge in [0.05, 0.1) is 25.3 Å². The van der Waals surface area contributed by atoms with E-state index in [4.69, 9.17) is 4.74 Å². The highest BCUT2D eigenvalue weighted by atomic mass is 32.1. The first-order chi connectivity index (χ1) is 12.6. The second-order valence-corrected chi connectivity index (χ2v) is 7.83. The lowest BCUT2D eigenvalue weighted by molar-refractivity contribution is -0.126. The lowest BCUT2D eigenvalue weighted by Gasteiger charge is -2.25. The van der Waals surface area contributed by atoms with Crippen molar-refractivity contribution < 1.29 is 14.3 Å². The molecular weight excluding hydrogens is 350 g/mol. The maximum absolute atomic E-state index is 12.8. The highest BCUT2D eigenvalue weighted by Crippen LogP contribution is 2.35. The summed E-state index contributed by atoms with van der Waals surface area (Å²) in [4.78, 5) is 30.8. The van der Waals surface area contributed by atoms with Crippen molar-refractivity contribution in [1.82, 2.24) is 10.3 Å². The van der Waals surface area contributed by atoms with Crippen molar-refractivity contribution in [1.29, 1.82) is 0 Å². The normalized spacial score (nSPS) is 18.5. The summed E-state index contributed by atoms with van der Waals surface area (Å²) < 4.78 is 5.26. The second-order valence-electron chi connectivity index (χ2n) is 6.66. The van der Waals surface area contributed by atoms with Crippen molar-refractivity contribution in [2.24, 2.45) is 0 Å². The highest BCUT2D eigenvalue weighted by molar-refractivity contribution is 7.11. The van der Waals surface area contributed by atoms with Crippen LogP contribution in [-0.4, -0.2) is 23.9 Å². The van der Waals surface area contributed by atoms with Gasteiger partial charge in [-0.2, -0.15) is 0 Å². The molecule has 2 aliphatic rings. The van der Waals surface area contributed by atoms with Gasteiger partial charge in [0.2, 0.25) is 11.8 Å². The van der Waals surface area contributed by atoms with E-state index < -0.39 is 5.92 Å². The Morgan fingerprint density at radius 2 is 2.23 bits per heavy atom. The van der Waals surface area contributed by atoms with E-state index in [0.29, 0.717) is 18.0 Å². The van der Waals surface area contributed by atoms with Gasteiger partial charge in [-0.1, -0.05) is 0 Å². The molecule has 1 aliphatic carbocycles. The second kappa shape index (κ2) is 7.07. The van der Waals surface area contributed by atoms with E-state index in [1.807, 2.05) is 6.07 Å². The molecule has 0 bridgehead atoms. The number of nitrogens with zero attached hydrogens (tertiary/aromatic N) is 1. The molecule has 0 radical (unpaired) electrons. The number of carbonyl (C=O) groups is 2.